The fourth-order valence-corrected chi connectivity index (χ4v) is 4.50. The van der Waals surface area contributed by atoms with Gasteiger partial charge in [-0.25, -0.2) is 0 Å². The van der Waals surface area contributed by atoms with E-state index in [1.165, 1.54) is 30.4 Å². The van der Waals surface area contributed by atoms with Gasteiger partial charge >= 0.3 is 0 Å². The molecule has 29 heavy (non-hydrogen) atoms. The van der Waals surface area contributed by atoms with Crippen LogP contribution in [0.4, 0.5) is 0 Å². The van der Waals surface area contributed by atoms with Crippen molar-refractivity contribution in [3.05, 3.63) is 35.4 Å². The van der Waals surface area contributed by atoms with E-state index in [2.05, 4.69) is 41.4 Å². The molecule has 2 fully saturated rings. The molecular formula is C22H37Cl2N3O2. The van der Waals surface area contributed by atoms with Crippen molar-refractivity contribution in [3.63, 3.8) is 0 Å². The van der Waals surface area contributed by atoms with Gasteiger partial charge in [-0.3, -0.25) is 9.69 Å². The Balaban J connectivity index is 0.00000210. The highest BCUT2D eigenvalue weighted by molar-refractivity contribution is 5.85. The molecule has 5 nitrogen and oxygen atoms in total. The molecule has 1 amide bonds. The zero-order valence-corrected chi connectivity index (χ0v) is 19.2. The molecule has 7 heteroatoms. The van der Waals surface area contributed by atoms with Crippen LogP contribution in [0.1, 0.15) is 55.7 Å². The zero-order valence-electron chi connectivity index (χ0n) is 17.5. The molecule has 1 aromatic carbocycles. The first kappa shape index (κ1) is 26.2. The monoisotopic (exact) mass is 445 g/mol. The van der Waals surface area contributed by atoms with E-state index in [0.29, 0.717) is 19.5 Å². The van der Waals surface area contributed by atoms with Gasteiger partial charge in [0.15, 0.2) is 0 Å². The molecule has 3 rings (SSSR count). The Bertz CT molecular complexity index is 601. The molecule has 2 aliphatic rings. The topological polar surface area (TPSA) is 67.6 Å². The van der Waals surface area contributed by atoms with Crippen molar-refractivity contribution in [2.24, 2.45) is 11.1 Å². The number of ether oxygens (including phenoxy) is 1. The standard InChI is InChI=1S/C22H35N3O2.2ClH/c1-18-5-7-19(8-6-18)20(25-11-13-27-14-12-25)16-24-21(26)15-22(17-23)9-3-2-4-10-22;;/h5-8,20H,2-4,9-17,23H2,1H3,(H,24,26);2*1H. The number of hydrogen-bond acceptors (Lipinski definition) is 4. The number of carbonyl (C=O) groups is 1. The largest absolute Gasteiger partial charge is 0.379 e. The Morgan fingerprint density at radius 3 is 2.34 bits per heavy atom. The van der Waals surface area contributed by atoms with Crippen molar-refractivity contribution in [1.82, 2.24) is 10.2 Å². The van der Waals surface area contributed by atoms with Crippen molar-refractivity contribution in [2.45, 2.75) is 51.5 Å². The Morgan fingerprint density at radius 2 is 1.76 bits per heavy atom. The third-order valence-electron chi connectivity index (χ3n) is 6.32. The Kier molecular flexibility index (Phi) is 11.5. The lowest BCUT2D eigenvalue weighted by molar-refractivity contribution is -0.124. The molecule has 1 aromatic rings. The predicted molar refractivity (Wildman–Crippen MR) is 123 cm³/mol. The minimum Gasteiger partial charge on any atom is -0.379 e. The molecule has 1 unspecified atom stereocenters. The molecule has 3 N–H and O–H groups in total. The molecule has 0 bridgehead atoms. The molecule has 0 spiro atoms. The van der Waals surface area contributed by atoms with Gasteiger partial charge in [-0.15, -0.1) is 24.8 Å². The maximum absolute atomic E-state index is 12.7. The second-order valence-corrected chi connectivity index (χ2v) is 8.32. The first-order valence-corrected chi connectivity index (χ1v) is 10.5. The van der Waals surface area contributed by atoms with Gasteiger partial charge in [0.05, 0.1) is 19.3 Å². The first-order valence-electron chi connectivity index (χ1n) is 10.5. The fraction of sp³-hybridized carbons (Fsp3) is 0.682. The summed E-state index contributed by atoms with van der Waals surface area (Å²) in [6, 6.07) is 8.86. The van der Waals surface area contributed by atoms with E-state index in [4.69, 9.17) is 10.5 Å². The second kappa shape index (κ2) is 12.8. The van der Waals surface area contributed by atoms with Crippen LogP contribution in [-0.4, -0.2) is 50.2 Å². The summed E-state index contributed by atoms with van der Waals surface area (Å²) in [5, 5.41) is 3.22. The van der Waals surface area contributed by atoms with Crippen LogP contribution in [0.15, 0.2) is 24.3 Å². The highest BCUT2D eigenvalue weighted by atomic mass is 35.5. The molecule has 1 aliphatic heterocycles. The molecule has 166 valence electrons. The summed E-state index contributed by atoms with van der Waals surface area (Å²) in [6.45, 7) is 6.68. The molecule has 1 atom stereocenters. The van der Waals surface area contributed by atoms with E-state index in [1.54, 1.807) is 0 Å². The molecule has 1 saturated carbocycles. The van der Waals surface area contributed by atoms with E-state index in [9.17, 15) is 4.79 Å². The van der Waals surface area contributed by atoms with Gasteiger partial charge in [0, 0.05) is 26.1 Å². The van der Waals surface area contributed by atoms with Crippen molar-refractivity contribution in [1.29, 1.82) is 0 Å². The van der Waals surface area contributed by atoms with Crippen LogP contribution in [0, 0.1) is 12.3 Å². The van der Waals surface area contributed by atoms with Crippen LogP contribution in [0.5, 0.6) is 0 Å². The minimum absolute atomic E-state index is 0. The quantitative estimate of drug-likeness (QED) is 0.671. The van der Waals surface area contributed by atoms with Crippen molar-refractivity contribution in [2.75, 3.05) is 39.4 Å². The SMILES string of the molecule is Cc1ccc(C(CNC(=O)CC2(CN)CCCCC2)N2CCOCC2)cc1.Cl.Cl. The van der Waals surface area contributed by atoms with Gasteiger partial charge in [0.1, 0.15) is 0 Å². The Labute approximate surface area is 187 Å². The lowest BCUT2D eigenvalue weighted by atomic mass is 9.71. The summed E-state index contributed by atoms with van der Waals surface area (Å²) in [6.07, 6.45) is 6.40. The molecule has 1 aliphatic carbocycles. The van der Waals surface area contributed by atoms with Crippen molar-refractivity contribution < 1.29 is 9.53 Å². The average molecular weight is 446 g/mol. The highest BCUT2D eigenvalue weighted by Crippen LogP contribution is 2.38. The van der Waals surface area contributed by atoms with Crippen molar-refractivity contribution in [3.8, 4) is 0 Å². The summed E-state index contributed by atoms with van der Waals surface area (Å²) in [5.41, 5.74) is 8.59. The van der Waals surface area contributed by atoms with E-state index in [-0.39, 0.29) is 42.2 Å². The average Bonchev–Trinajstić information content (AvgIpc) is 2.71. The molecule has 0 radical (unpaired) electrons. The predicted octanol–water partition coefficient (Wildman–Crippen LogP) is 3.63. The van der Waals surface area contributed by atoms with E-state index in [0.717, 1.165) is 39.1 Å². The van der Waals surface area contributed by atoms with E-state index in [1.807, 2.05) is 0 Å². The normalized spacial score (nSPS) is 20.1. The number of nitrogens with two attached hydrogens (primary N) is 1. The third-order valence-corrected chi connectivity index (χ3v) is 6.32. The number of nitrogens with zero attached hydrogens (tertiary/aromatic N) is 1. The fourth-order valence-electron chi connectivity index (χ4n) is 4.50. The summed E-state index contributed by atoms with van der Waals surface area (Å²) in [7, 11) is 0. The lowest BCUT2D eigenvalue weighted by Gasteiger charge is -2.37. The number of morpholine rings is 1. The summed E-state index contributed by atoms with van der Waals surface area (Å²) < 4.78 is 5.52. The lowest BCUT2D eigenvalue weighted by Crippen LogP contribution is -2.45. The number of nitrogens with one attached hydrogen (secondary N) is 1. The van der Waals surface area contributed by atoms with Crippen LogP contribution in [0.3, 0.4) is 0 Å². The molecule has 0 aromatic heterocycles. The van der Waals surface area contributed by atoms with Crippen LogP contribution in [-0.2, 0) is 9.53 Å². The maximum atomic E-state index is 12.7. The smallest absolute Gasteiger partial charge is 0.220 e. The third kappa shape index (κ3) is 7.41. The van der Waals surface area contributed by atoms with Crippen LogP contribution >= 0.6 is 24.8 Å². The summed E-state index contributed by atoms with van der Waals surface area (Å²) >= 11 is 0. The number of carbonyl (C=O) groups excluding carboxylic acids is 1. The summed E-state index contributed by atoms with van der Waals surface area (Å²) in [5.74, 6) is 0.146. The molecule has 1 heterocycles. The van der Waals surface area contributed by atoms with E-state index >= 15 is 0 Å². The maximum Gasteiger partial charge on any atom is 0.220 e. The molecule has 1 saturated heterocycles. The number of rotatable bonds is 7. The number of benzene rings is 1. The van der Waals surface area contributed by atoms with Gasteiger partial charge in [-0.1, -0.05) is 49.1 Å². The van der Waals surface area contributed by atoms with Gasteiger partial charge in [-0.2, -0.15) is 0 Å². The Morgan fingerprint density at radius 1 is 1.14 bits per heavy atom. The first-order chi connectivity index (χ1) is 13.1. The van der Waals surface area contributed by atoms with Crippen LogP contribution < -0.4 is 11.1 Å². The minimum atomic E-state index is 0. The number of halogens is 2. The Hall–Kier alpha value is -0.850. The highest BCUT2D eigenvalue weighted by Gasteiger charge is 2.33. The van der Waals surface area contributed by atoms with E-state index < -0.39 is 0 Å². The van der Waals surface area contributed by atoms with Crippen molar-refractivity contribution >= 4 is 30.7 Å². The zero-order chi connectivity index (χ0) is 19.1. The summed E-state index contributed by atoms with van der Waals surface area (Å²) in [4.78, 5) is 15.2. The van der Waals surface area contributed by atoms with Gasteiger partial charge < -0.3 is 15.8 Å². The number of hydrogen-bond donors (Lipinski definition) is 2. The number of aryl methyl sites for hydroxylation is 1. The van der Waals surface area contributed by atoms with Gasteiger partial charge in [0.25, 0.3) is 0 Å². The molecular weight excluding hydrogens is 409 g/mol. The van der Waals surface area contributed by atoms with Crippen LogP contribution in [0.2, 0.25) is 0 Å². The van der Waals surface area contributed by atoms with Gasteiger partial charge in [-0.05, 0) is 37.3 Å². The number of amides is 1. The second-order valence-electron chi connectivity index (χ2n) is 8.32. The van der Waals surface area contributed by atoms with Crippen LogP contribution in [0.25, 0.3) is 0 Å². The van der Waals surface area contributed by atoms with Gasteiger partial charge in [0.2, 0.25) is 5.91 Å².